The van der Waals surface area contributed by atoms with Crippen LogP contribution in [-0.4, -0.2) is 26.8 Å². The van der Waals surface area contributed by atoms with Crippen molar-refractivity contribution in [1.82, 2.24) is 15.1 Å². The summed E-state index contributed by atoms with van der Waals surface area (Å²) in [4.78, 5) is 8.72. The third-order valence-corrected chi connectivity index (χ3v) is 3.66. The third kappa shape index (κ3) is 2.80. The van der Waals surface area contributed by atoms with Gasteiger partial charge in [-0.2, -0.15) is 4.98 Å². The summed E-state index contributed by atoms with van der Waals surface area (Å²) in [6, 6.07) is 9.70. The number of hydrogen-bond donors (Lipinski definition) is 2. The molecule has 21 heavy (non-hydrogen) atoms. The molecule has 0 spiro atoms. The van der Waals surface area contributed by atoms with Crippen molar-refractivity contribution >= 4 is 26.8 Å². The molecule has 0 unspecified atom stereocenters. The van der Waals surface area contributed by atoms with Crippen molar-refractivity contribution in [2.45, 2.75) is 12.5 Å². The highest BCUT2D eigenvalue weighted by Gasteiger charge is 2.18. The van der Waals surface area contributed by atoms with Gasteiger partial charge >= 0.3 is 0 Å². The highest BCUT2D eigenvalue weighted by atomic mass is 79.9. The molecule has 2 aromatic heterocycles. The smallest absolute Gasteiger partial charge is 0.255 e. The molecule has 0 saturated heterocycles. The van der Waals surface area contributed by atoms with Gasteiger partial charge in [0.1, 0.15) is 11.8 Å². The number of para-hydroxylation sites is 1. The number of aromatic nitrogens is 3. The summed E-state index contributed by atoms with van der Waals surface area (Å²) in [5, 5.41) is 14.7. The highest BCUT2D eigenvalue weighted by molar-refractivity contribution is 9.10. The van der Waals surface area contributed by atoms with Gasteiger partial charge in [0.25, 0.3) is 5.89 Å². The van der Waals surface area contributed by atoms with Crippen molar-refractivity contribution in [2.75, 3.05) is 6.54 Å². The van der Waals surface area contributed by atoms with E-state index in [2.05, 4.69) is 31.1 Å². The molecule has 0 bridgehead atoms. The third-order valence-electron chi connectivity index (χ3n) is 3.06. The van der Waals surface area contributed by atoms with Crippen molar-refractivity contribution in [3.8, 4) is 11.5 Å². The molecule has 0 aliphatic carbocycles. The maximum Gasteiger partial charge on any atom is 0.255 e. The van der Waals surface area contributed by atoms with Crippen molar-refractivity contribution in [1.29, 1.82) is 0 Å². The molecular weight excluding hydrogens is 336 g/mol. The van der Waals surface area contributed by atoms with Gasteiger partial charge in [0.05, 0.1) is 5.52 Å². The first kappa shape index (κ1) is 14.1. The maximum atomic E-state index is 9.81. The number of rotatable bonds is 4. The van der Waals surface area contributed by atoms with Crippen LogP contribution in [0.15, 0.2) is 39.3 Å². The first-order valence-corrected chi connectivity index (χ1v) is 7.25. The molecule has 3 N–H and O–H groups in total. The maximum absolute atomic E-state index is 9.81. The number of fused-ring (bicyclic) bond motifs is 1. The molecule has 7 heteroatoms. The van der Waals surface area contributed by atoms with E-state index in [1.165, 1.54) is 0 Å². The van der Waals surface area contributed by atoms with E-state index < -0.39 is 6.10 Å². The lowest BCUT2D eigenvalue weighted by Gasteiger charge is -2.03. The average Bonchev–Trinajstić information content (AvgIpc) is 2.96. The minimum absolute atomic E-state index is 0.150. The monoisotopic (exact) mass is 348 g/mol. The van der Waals surface area contributed by atoms with E-state index in [0.29, 0.717) is 24.5 Å². The summed E-state index contributed by atoms with van der Waals surface area (Å²) >= 11 is 3.46. The number of hydrogen-bond acceptors (Lipinski definition) is 6. The van der Waals surface area contributed by atoms with Crippen LogP contribution < -0.4 is 5.73 Å². The molecule has 0 radical (unpaired) electrons. The van der Waals surface area contributed by atoms with Crippen LogP contribution in [0.5, 0.6) is 0 Å². The molecule has 1 atom stereocenters. The number of nitrogens with two attached hydrogens (primary N) is 1. The van der Waals surface area contributed by atoms with Crippen LogP contribution in [0, 0.1) is 0 Å². The minimum Gasteiger partial charge on any atom is -0.383 e. The second-order valence-electron chi connectivity index (χ2n) is 4.56. The number of halogens is 1. The standard InChI is InChI=1S/C14H13BrN4O2/c15-9-7-8-3-1-2-4-10(8)17-12(9)13-18-14(21-19-13)11(20)5-6-16/h1-4,7,11,20H,5-6,16H2/t11-/m0/s1. The van der Waals surface area contributed by atoms with E-state index in [9.17, 15) is 5.11 Å². The summed E-state index contributed by atoms with van der Waals surface area (Å²) in [5.74, 6) is 0.482. The predicted molar refractivity (Wildman–Crippen MR) is 81.4 cm³/mol. The fourth-order valence-electron chi connectivity index (χ4n) is 2.00. The highest BCUT2D eigenvalue weighted by Crippen LogP contribution is 2.28. The van der Waals surface area contributed by atoms with Gasteiger partial charge < -0.3 is 15.4 Å². The topological polar surface area (TPSA) is 98.1 Å². The minimum atomic E-state index is -0.851. The van der Waals surface area contributed by atoms with Crippen LogP contribution >= 0.6 is 15.9 Å². The first-order chi connectivity index (χ1) is 10.2. The summed E-state index contributed by atoms with van der Waals surface area (Å²) in [7, 11) is 0. The lowest BCUT2D eigenvalue weighted by molar-refractivity contribution is 0.127. The van der Waals surface area contributed by atoms with Crippen LogP contribution in [0.4, 0.5) is 0 Å². The van der Waals surface area contributed by atoms with E-state index in [4.69, 9.17) is 10.3 Å². The van der Waals surface area contributed by atoms with Crippen LogP contribution in [0.3, 0.4) is 0 Å². The molecule has 0 fully saturated rings. The molecule has 3 aromatic rings. The van der Waals surface area contributed by atoms with E-state index in [1.54, 1.807) is 0 Å². The van der Waals surface area contributed by atoms with E-state index in [0.717, 1.165) is 15.4 Å². The van der Waals surface area contributed by atoms with Gasteiger partial charge in [0, 0.05) is 9.86 Å². The second-order valence-corrected chi connectivity index (χ2v) is 5.42. The largest absolute Gasteiger partial charge is 0.383 e. The average molecular weight is 349 g/mol. The van der Waals surface area contributed by atoms with Gasteiger partial charge in [-0.1, -0.05) is 23.4 Å². The van der Waals surface area contributed by atoms with Gasteiger partial charge in [-0.05, 0) is 41.0 Å². The fourth-order valence-corrected chi connectivity index (χ4v) is 2.51. The van der Waals surface area contributed by atoms with E-state index >= 15 is 0 Å². The Bertz CT molecular complexity index is 775. The quantitative estimate of drug-likeness (QED) is 0.751. The first-order valence-electron chi connectivity index (χ1n) is 6.46. The second kappa shape index (κ2) is 5.88. The lowest BCUT2D eigenvalue weighted by atomic mass is 10.2. The normalized spacial score (nSPS) is 12.7. The Kier molecular flexibility index (Phi) is 3.96. The number of aliphatic hydroxyl groups excluding tert-OH is 1. The Labute approximate surface area is 129 Å². The molecule has 0 aliphatic rings. The molecule has 2 heterocycles. The van der Waals surface area contributed by atoms with Gasteiger partial charge in [-0.15, -0.1) is 0 Å². The molecule has 0 amide bonds. The fraction of sp³-hybridized carbons (Fsp3) is 0.214. The summed E-state index contributed by atoms with van der Waals surface area (Å²) < 4.78 is 5.84. The predicted octanol–water partition coefficient (Wildman–Crippen LogP) is 2.43. The number of pyridine rings is 1. The zero-order valence-corrected chi connectivity index (χ0v) is 12.6. The van der Waals surface area contributed by atoms with Crippen LogP contribution in [0.1, 0.15) is 18.4 Å². The molecule has 1 aromatic carbocycles. The summed E-state index contributed by atoms with van der Waals surface area (Å²) in [6.45, 7) is 0.344. The van der Waals surface area contributed by atoms with Crippen LogP contribution in [0.2, 0.25) is 0 Å². The molecule has 3 rings (SSSR count). The van der Waals surface area contributed by atoms with Gasteiger partial charge in [-0.3, -0.25) is 0 Å². The van der Waals surface area contributed by atoms with Gasteiger partial charge in [0.15, 0.2) is 0 Å². The van der Waals surface area contributed by atoms with Crippen molar-refractivity contribution in [3.05, 3.63) is 40.7 Å². The van der Waals surface area contributed by atoms with Crippen LogP contribution in [0.25, 0.3) is 22.4 Å². The Morgan fingerprint density at radius 3 is 2.90 bits per heavy atom. The van der Waals surface area contributed by atoms with Crippen molar-refractivity contribution in [3.63, 3.8) is 0 Å². The van der Waals surface area contributed by atoms with Crippen LogP contribution in [-0.2, 0) is 0 Å². The number of nitrogens with zero attached hydrogens (tertiary/aromatic N) is 3. The molecule has 0 aliphatic heterocycles. The molecule has 108 valence electrons. The molecule has 6 nitrogen and oxygen atoms in total. The lowest BCUT2D eigenvalue weighted by Crippen LogP contribution is -2.06. The van der Waals surface area contributed by atoms with E-state index in [1.807, 2.05) is 30.3 Å². The van der Waals surface area contributed by atoms with Gasteiger partial charge in [-0.25, -0.2) is 4.98 Å². The Morgan fingerprint density at radius 1 is 1.29 bits per heavy atom. The number of aliphatic hydroxyl groups is 1. The number of benzene rings is 1. The SMILES string of the molecule is NCC[C@H](O)c1nc(-c2nc3ccccc3cc2Br)no1. The Balaban J connectivity index is 2.02. The zero-order chi connectivity index (χ0) is 14.8. The molecular formula is C14H13BrN4O2. The summed E-state index contributed by atoms with van der Waals surface area (Å²) in [5.41, 5.74) is 6.81. The Morgan fingerprint density at radius 2 is 2.10 bits per heavy atom. The molecule has 0 saturated carbocycles. The summed E-state index contributed by atoms with van der Waals surface area (Å²) in [6.07, 6.45) is -0.482. The van der Waals surface area contributed by atoms with Gasteiger partial charge in [0.2, 0.25) is 5.82 Å². The van der Waals surface area contributed by atoms with Crippen molar-refractivity contribution < 1.29 is 9.63 Å². The Hall–Kier alpha value is -1.83. The van der Waals surface area contributed by atoms with Crippen molar-refractivity contribution in [2.24, 2.45) is 5.73 Å². The zero-order valence-electron chi connectivity index (χ0n) is 11.0. The van der Waals surface area contributed by atoms with E-state index in [-0.39, 0.29) is 5.89 Å².